The number of anilines is 1. The molecule has 0 amide bonds. The van der Waals surface area contributed by atoms with Crippen LogP contribution in [0, 0.1) is 0 Å². The quantitative estimate of drug-likeness (QED) is 0.861. The fourth-order valence-corrected chi connectivity index (χ4v) is 3.33. The van der Waals surface area contributed by atoms with Gasteiger partial charge in [-0.15, -0.1) is 0 Å². The highest BCUT2D eigenvalue weighted by Crippen LogP contribution is 2.29. The summed E-state index contributed by atoms with van der Waals surface area (Å²) in [6.07, 6.45) is 0. The topological polar surface area (TPSA) is 64.5 Å². The highest BCUT2D eigenvalue weighted by molar-refractivity contribution is 5.85. The van der Waals surface area contributed by atoms with E-state index in [0.717, 1.165) is 24.2 Å². The van der Waals surface area contributed by atoms with Crippen LogP contribution in [0.4, 0.5) is 5.69 Å². The van der Waals surface area contributed by atoms with Crippen molar-refractivity contribution in [3.63, 3.8) is 0 Å². The molecule has 2 aromatic rings. The monoisotopic (exact) mass is 289 g/mol. The van der Waals surface area contributed by atoms with Gasteiger partial charge in [0.1, 0.15) is 5.52 Å². The van der Waals surface area contributed by atoms with Crippen LogP contribution < -0.4 is 5.73 Å². The normalized spacial score (nSPS) is 21.7. The minimum atomic E-state index is -0.174. The molecule has 0 aliphatic carbocycles. The molecule has 1 aliphatic heterocycles. The second-order valence-electron chi connectivity index (χ2n) is 7.07. The summed E-state index contributed by atoms with van der Waals surface area (Å²) >= 11 is 0. The van der Waals surface area contributed by atoms with Crippen LogP contribution in [-0.4, -0.2) is 34.2 Å². The number of aromatic nitrogens is 1. The van der Waals surface area contributed by atoms with E-state index in [9.17, 15) is 0 Å². The van der Waals surface area contributed by atoms with Gasteiger partial charge in [0.25, 0.3) is 0 Å². The van der Waals surface area contributed by atoms with Gasteiger partial charge < -0.3 is 14.9 Å². The zero-order valence-electron chi connectivity index (χ0n) is 13.1. The molecule has 0 atom stereocenters. The first-order valence-electron chi connectivity index (χ1n) is 7.31. The largest absolute Gasteiger partial charge is 0.439 e. The van der Waals surface area contributed by atoms with Gasteiger partial charge in [-0.25, -0.2) is 4.98 Å². The average Bonchev–Trinajstić information content (AvgIpc) is 2.68. The standard InChI is InChI=1S/C16H23N3O2/c1-15(2)9-19(10-16(3,4)21-15)8-13-18-14-11(17)6-5-7-12(14)20-13/h5-7H,8-10,17H2,1-4H3. The lowest BCUT2D eigenvalue weighted by Gasteiger charge is -2.46. The Morgan fingerprint density at radius 2 is 1.86 bits per heavy atom. The van der Waals surface area contributed by atoms with Gasteiger partial charge in [0.15, 0.2) is 5.58 Å². The van der Waals surface area contributed by atoms with Gasteiger partial charge in [0.2, 0.25) is 5.89 Å². The van der Waals surface area contributed by atoms with Gasteiger partial charge in [0, 0.05) is 13.1 Å². The first-order valence-corrected chi connectivity index (χ1v) is 7.31. The number of nitrogen functional groups attached to an aromatic ring is 1. The number of benzene rings is 1. The van der Waals surface area contributed by atoms with Crippen LogP contribution in [0.1, 0.15) is 33.6 Å². The third-order valence-electron chi connectivity index (χ3n) is 3.61. The molecule has 1 aliphatic rings. The van der Waals surface area contributed by atoms with E-state index in [4.69, 9.17) is 14.9 Å². The first kappa shape index (κ1) is 14.4. The molecule has 1 fully saturated rings. The molecule has 0 spiro atoms. The van der Waals surface area contributed by atoms with Crippen molar-refractivity contribution in [3.05, 3.63) is 24.1 Å². The minimum Gasteiger partial charge on any atom is -0.439 e. The molecule has 0 unspecified atom stereocenters. The molecule has 114 valence electrons. The van der Waals surface area contributed by atoms with Crippen LogP contribution >= 0.6 is 0 Å². The van der Waals surface area contributed by atoms with Crippen molar-refractivity contribution in [2.75, 3.05) is 18.8 Å². The number of nitrogens with two attached hydrogens (primary N) is 1. The molecule has 0 radical (unpaired) electrons. The smallest absolute Gasteiger partial charge is 0.209 e. The summed E-state index contributed by atoms with van der Waals surface area (Å²) in [6.45, 7) is 10.8. The Morgan fingerprint density at radius 3 is 2.48 bits per heavy atom. The first-order chi connectivity index (χ1) is 9.74. The summed E-state index contributed by atoms with van der Waals surface area (Å²) in [4.78, 5) is 6.85. The summed E-state index contributed by atoms with van der Waals surface area (Å²) in [7, 11) is 0. The molecule has 0 bridgehead atoms. The number of hydrogen-bond donors (Lipinski definition) is 1. The van der Waals surface area contributed by atoms with Gasteiger partial charge in [0.05, 0.1) is 23.4 Å². The Balaban J connectivity index is 1.83. The number of oxazole rings is 1. The summed E-state index contributed by atoms with van der Waals surface area (Å²) in [5.74, 6) is 0.705. The van der Waals surface area contributed by atoms with Crippen molar-refractivity contribution in [1.82, 2.24) is 9.88 Å². The fourth-order valence-electron chi connectivity index (χ4n) is 3.33. The van der Waals surface area contributed by atoms with Crippen molar-refractivity contribution in [3.8, 4) is 0 Å². The van der Waals surface area contributed by atoms with Crippen molar-refractivity contribution in [2.45, 2.75) is 45.4 Å². The molecular formula is C16H23N3O2. The maximum atomic E-state index is 6.09. The van der Waals surface area contributed by atoms with Gasteiger partial charge in [-0.1, -0.05) is 6.07 Å². The summed E-state index contributed by atoms with van der Waals surface area (Å²) in [6, 6.07) is 5.62. The van der Waals surface area contributed by atoms with Crippen LogP contribution in [0.2, 0.25) is 0 Å². The van der Waals surface area contributed by atoms with E-state index in [1.54, 1.807) is 0 Å². The predicted octanol–water partition coefficient (Wildman–Crippen LogP) is 2.80. The predicted molar refractivity (Wildman–Crippen MR) is 82.9 cm³/mol. The Kier molecular flexibility index (Phi) is 3.22. The number of para-hydroxylation sites is 1. The molecule has 0 saturated carbocycles. The van der Waals surface area contributed by atoms with Crippen molar-refractivity contribution in [1.29, 1.82) is 0 Å². The highest BCUT2D eigenvalue weighted by atomic mass is 16.5. The van der Waals surface area contributed by atoms with Crippen LogP contribution in [-0.2, 0) is 11.3 Å². The third kappa shape index (κ3) is 3.04. The van der Waals surface area contributed by atoms with Crippen molar-refractivity contribution >= 4 is 16.8 Å². The van der Waals surface area contributed by atoms with Gasteiger partial charge in [-0.05, 0) is 39.8 Å². The highest BCUT2D eigenvalue weighted by Gasteiger charge is 2.38. The lowest BCUT2D eigenvalue weighted by molar-refractivity contribution is -0.182. The molecule has 1 saturated heterocycles. The molecule has 21 heavy (non-hydrogen) atoms. The molecular weight excluding hydrogens is 266 g/mol. The third-order valence-corrected chi connectivity index (χ3v) is 3.61. The van der Waals surface area contributed by atoms with Crippen LogP contribution in [0.15, 0.2) is 22.6 Å². The summed E-state index contributed by atoms with van der Waals surface area (Å²) in [5, 5.41) is 0. The van der Waals surface area contributed by atoms with Crippen molar-refractivity contribution < 1.29 is 9.15 Å². The zero-order chi connectivity index (χ0) is 15.3. The van der Waals surface area contributed by atoms with E-state index in [0.29, 0.717) is 18.1 Å². The van der Waals surface area contributed by atoms with Gasteiger partial charge in [-0.2, -0.15) is 0 Å². The number of fused-ring (bicyclic) bond motifs is 1. The Hall–Kier alpha value is -1.59. The molecule has 1 aromatic carbocycles. The van der Waals surface area contributed by atoms with Crippen LogP contribution in [0.3, 0.4) is 0 Å². The van der Waals surface area contributed by atoms with Gasteiger partial charge >= 0.3 is 0 Å². The number of ether oxygens (including phenoxy) is 1. The van der Waals surface area contributed by atoms with Crippen LogP contribution in [0.25, 0.3) is 11.1 Å². The Morgan fingerprint density at radius 1 is 1.19 bits per heavy atom. The molecule has 3 rings (SSSR count). The van der Waals surface area contributed by atoms with E-state index in [-0.39, 0.29) is 11.2 Å². The zero-order valence-corrected chi connectivity index (χ0v) is 13.1. The molecule has 5 nitrogen and oxygen atoms in total. The molecule has 2 heterocycles. The SMILES string of the molecule is CC1(C)CN(Cc2nc3c(N)cccc3o2)CC(C)(C)O1. The molecule has 5 heteroatoms. The minimum absolute atomic E-state index is 0.174. The Bertz CT molecular complexity index is 645. The number of hydrogen-bond acceptors (Lipinski definition) is 5. The van der Waals surface area contributed by atoms with E-state index in [1.165, 1.54) is 0 Å². The van der Waals surface area contributed by atoms with E-state index in [1.807, 2.05) is 18.2 Å². The molecule has 1 aromatic heterocycles. The maximum absolute atomic E-state index is 6.09. The second kappa shape index (κ2) is 4.71. The maximum Gasteiger partial charge on any atom is 0.209 e. The number of morpholine rings is 1. The number of rotatable bonds is 2. The van der Waals surface area contributed by atoms with E-state index in [2.05, 4.69) is 37.6 Å². The lowest BCUT2D eigenvalue weighted by atomic mass is 9.99. The lowest BCUT2D eigenvalue weighted by Crippen LogP contribution is -2.56. The summed E-state index contributed by atoms with van der Waals surface area (Å²) < 4.78 is 11.9. The second-order valence-corrected chi connectivity index (χ2v) is 7.07. The molecule has 2 N–H and O–H groups in total. The van der Waals surface area contributed by atoms with Gasteiger partial charge in [-0.3, -0.25) is 4.90 Å². The fraction of sp³-hybridized carbons (Fsp3) is 0.562. The number of nitrogens with zero attached hydrogens (tertiary/aromatic N) is 2. The Labute approximate surface area is 125 Å². The summed E-state index contributed by atoms with van der Waals surface area (Å²) in [5.41, 5.74) is 7.74. The van der Waals surface area contributed by atoms with E-state index >= 15 is 0 Å². The van der Waals surface area contributed by atoms with Crippen molar-refractivity contribution in [2.24, 2.45) is 0 Å². The van der Waals surface area contributed by atoms with E-state index < -0.39 is 0 Å². The average molecular weight is 289 g/mol. The van der Waals surface area contributed by atoms with Crippen LogP contribution in [0.5, 0.6) is 0 Å².